The molecule has 13 nitrogen and oxygen atoms in total. The standard InChI is InChI=1S/C43H57NO12/c1-22(45)52-21-28-33(53-23(2)46)34(54-24(3)47)32(49)36(55-28)56-37(51)43-15-13-38(4,5)19-26(43)31-27(48)17-30-40(8)18-25(20-44)35(50)39(6,7)29(40)11-12-41(30,9)42(31,10)14-16-43/h17-18,26,28-29,31-34,36,49H,11-16,19,21H2,1-10H3/t26?,28-,29+,31?,32-,33+,34-,36+,40+,41-,42-,43+/m1/s1. The molecule has 306 valence electrons. The molecule has 6 rings (SSSR count). The highest BCUT2D eigenvalue weighted by molar-refractivity contribution is 6.04. The van der Waals surface area contributed by atoms with Gasteiger partial charge >= 0.3 is 23.9 Å². The van der Waals surface area contributed by atoms with Gasteiger partial charge in [-0.25, -0.2) is 0 Å². The third-order valence-corrected chi connectivity index (χ3v) is 15.2. The van der Waals surface area contributed by atoms with Gasteiger partial charge in [0.15, 0.2) is 29.9 Å². The molecule has 12 atom stereocenters. The summed E-state index contributed by atoms with van der Waals surface area (Å²) < 4.78 is 28.1. The molecule has 13 heteroatoms. The molecule has 0 aromatic heterocycles. The molecule has 0 amide bonds. The maximum absolute atomic E-state index is 15.0. The normalized spacial score (nSPS) is 42.1. The first-order chi connectivity index (χ1) is 25.9. The molecule has 1 heterocycles. The quantitative estimate of drug-likeness (QED) is 0.271. The number of ether oxygens (including phenoxy) is 5. The molecule has 0 bridgehead atoms. The van der Waals surface area contributed by atoms with Crippen LogP contribution in [0, 0.1) is 61.6 Å². The van der Waals surface area contributed by atoms with E-state index in [-0.39, 0.29) is 28.5 Å². The van der Waals surface area contributed by atoms with Crippen LogP contribution < -0.4 is 0 Å². The van der Waals surface area contributed by atoms with Gasteiger partial charge in [0.05, 0.1) is 11.0 Å². The van der Waals surface area contributed by atoms with E-state index in [0.29, 0.717) is 32.1 Å². The Balaban J connectivity index is 1.39. The molecule has 3 saturated carbocycles. The summed E-state index contributed by atoms with van der Waals surface area (Å²) in [4.78, 5) is 79.4. The molecular formula is C43H57NO12. The Bertz CT molecular complexity index is 1840. The van der Waals surface area contributed by atoms with Gasteiger partial charge in [0.1, 0.15) is 18.8 Å². The fourth-order valence-electron chi connectivity index (χ4n) is 12.2. The van der Waals surface area contributed by atoms with Crippen LogP contribution in [0.25, 0.3) is 0 Å². The molecule has 0 spiro atoms. The second-order valence-corrected chi connectivity index (χ2v) is 19.3. The van der Waals surface area contributed by atoms with Gasteiger partial charge < -0.3 is 28.8 Å². The molecule has 4 fully saturated rings. The number of ketones is 2. The number of nitriles is 1. The lowest BCUT2D eigenvalue weighted by Crippen LogP contribution is -2.66. The van der Waals surface area contributed by atoms with Crippen LogP contribution in [0.15, 0.2) is 23.3 Å². The van der Waals surface area contributed by atoms with Gasteiger partial charge in [0.2, 0.25) is 6.29 Å². The van der Waals surface area contributed by atoms with Gasteiger partial charge in [0, 0.05) is 37.5 Å². The molecule has 6 aliphatic rings. The minimum atomic E-state index is -1.78. The fraction of sp³-hybridized carbons (Fsp3) is 0.744. The lowest BCUT2D eigenvalue weighted by atomic mass is 9.34. The number of hydrogen-bond acceptors (Lipinski definition) is 13. The lowest BCUT2D eigenvalue weighted by molar-refractivity contribution is -0.303. The van der Waals surface area contributed by atoms with Crippen molar-refractivity contribution in [2.24, 2.45) is 50.2 Å². The Labute approximate surface area is 328 Å². The van der Waals surface area contributed by atoms with Gasteiger partial charge in [-0.15, -0.1) is 0 Å². The van der Waals surface area contributed by atoms with Crippen molar-refractivity contribution in [3.05, 3.63) is 23.3 Å². The summed E-state index contributed by atoms with van der Waals surface area (Å²) in [5.74, 6) is -4.26. The van der Waals surface area contributed by atoms with Crippen molar-refractivity contribution < 1.29 is 57.6 Å². The first kappa shape index (κ1) is 41.7. The molecule has 5 aliphatic carbocycles. The average molecular weight is 780 g/mol. The number of fused-ring (bicyclic) bond motifs is 7. The fourth-order valence-corrected chi connectivity index (χ4v) is 12.2. The van der Waals surface area contributed by atoms with E-state index in [1.54, 1.807) is 12.2 Å². The number of hydrogen-bond donors (Lipinski definition) is 1. The van der Waals surface area contributed by atoms with Gasteiger partial charge in [-0.05, 0) is 79.1 Å². The SMILES string of the molecule is CC(=O)OC[C@H]1O[C@@H](OC(=O)[C@]23CCC(C)(C)CC2C2C(=O)C=C4[C@@]5(C)C=C(C#N)C(=O)C(C)(C)[C@@H]5CC[C@@]4(C)[C@]2(C)CC3)[C@H](O)[C@@H](OC(C)=O)[C@H]1OC(C)=O. The maximum atomic E-state index is 15.0. The van der Waals surface area contributed by atoms with Crippen molar-refractivity contribution >= 4 is 35.4 Å². The van der Waals surface area contributed by atoms with E-state index >= 15 is 0 Å². The Morgan fingerprint density at radius 1 is 0.875 bits per heavy atom. The topological polar surface area (TPSA) is 193 Å². The van der Waals surface area contributed by atoms with Gasteiger partial charge in [-0.2, -0.15) is 5.26 Å². The second-order valence-electron chi connectivity index (χ2n) is 19.3. The van der Waals surface area contributed by atoms with E-state index in [1.807, 2.05) is 13.8 Å². The molecule has 56 heavy (non-hydrogen) atoms. The Kier molecular flexibility index (Phi) is 10.4. The summed E-state index contributed by atoms with van der Waals surface area (Å²) in [5.41, 5.74) is -2.89. The number of rotatable bonds is 6. The number of carbonyl (C=O) groups excluding carboxylic acids is 6. The lowest BCUT2D eigenvalue weighted by Gasteiger charge is -2.68. The summed E-state index contributed by atoms with van der Waals surface area (Å²) >= 11 is 0. The van der Waals surface area contributed by atoms with Crippen LogP contribution >= 0.6 is 0 Å². The maximum Gasteiger partial charge on any atom is 0.314 e. The molecule has 1 N–H and O–H groups in total. The number of esters is 4. The van der Waals surface area contributed by atoms with Crippen molar-refractivity contribution in [2.45, 2.75) is 145 Å². The van der Waals surface area contributed by atoms with Crippen LogP contribution in [0.4, 0.5) is 0 Å². The predicted molar refractivity (Wildman–Crippen MR) is 197 cm³/mol. The minimum absolute atomic E-state index is 0.0856. The molecule has 1 saturated heterocycles. The monoisotopic (exact) mass is 779 g/mol. The van der Waals surface area contributed by atoms with Crippen molar-refractivity contribution in [3.63, 3.8) is 0 Å². The second kappa shape index (κ2) is 13.9. The van der Waals surface area contributed by atoms with E-state index in [1.165, 1.54) is 6.92 Å². The van der Waals surface area contributed by atoms with Crippen molar-refractivity contribution in [1.29, 1.82) is 5.26 Å². The average Bonchev–Trinajstić information content (AvgIpc) is 3.09. The third-order valence-electron chi connectivity index (χ3n) is 15.2. The van der Waals surface area contributed by atoms with Crippen LogP contribution in [0.2, 0.25) is 0 Å². The van der Waals surface area contributed by atoms with E-state index in [9.17, 15) is 39.1 Å². The zero-order valence-corrected chi connectivity index (χ0v) is 34.3. The number of carbonyl (C=O) groups is 6. The third kappa shape index (κ3) is 6.34. The summed E-state index contributed by atoms with van der Waals surface area (Å²) in [7, 11) is 0. The van der Waals surface area contributed by atoms with E-state index in [0.717, 1.165) is 32.3 Å². The first-order valence-electron chi connectivity index (χ1n) is 19.9. The van der Waals surface area contributed by atoms with E-state index in [4.69, 9.17) is 23.7 Å². The van der Waals surface area contributed by atoms with Crippen molar-refractivity contribution in [2.75, 3.05) is 6.61 Å². The highest BCUT2D eigenvalue weighted by Gasteiger charge is 2.71. The number of nitrogens with zero attached hydrogens (tertiary/aromatic N) is 1. The number of allylic oxidation sites excluding steroid dienone is 4. The van der Waals surface area contributed by atoms with Crippen LogP contribution in [0.1, 0.15) is 114 Å². The van der Waals surface area contributed by atoms with Gasteiger partial charge in [0.25, 0.3) is 0 Å². The number of Topliss-reactive ketones (excluding diaryl/α,β-unsaturated/α-hetero) is 1. The molecule has 1 aliphatic heterocycles. The minimum Gasteiger partial charge on any atom is -0.463 e. The van der Waals surface area contributed by atoms with Crippen LogP contribution in [0.3, 0.4) is 0 Å². The molecule has 0 radical (unpaired) electrons. The van der Waals surface area contributed by atoms with Crippen LogP contribution in [-0.4, -0.2) is 77.9 Å². The largest absolute Gasteiger partial charge is 0.463 e. The number of aliphatic hydroxyl groups excluding tert-OH is 1. The molecule has 2 unspecified atom stereocenters. The molecular weight excluding hydrogens is 722 g/mol. The Hall–Kier alpha value is -3.89. The summed E-state index contributed by atoms with van der Waals surface area (Å²) in [6.45, 7) is 17.5. The zero-order valence-electron chi connectivity index (χ0n) is 34.3. The summed E-state index contributed by atoms with van der Waals surface area (Å²) in [5, 5.41) is 21.6. The zero-order chi connectivity index (χ0) is 41.6. The van der Waals surface area contributed by atoms with Crippen molar-refractivity contribution in [1.82, 2.24) is 0 Å². The predicted octanol–water partition coefficient (Wildman–Crippen LogP) is 5.26. The van der Waals surface area contributed by atoms with Crippen LogP contribution in [0.5, 0.6) is 0 Å². The van der Waals surface area contributed by atoms with E-state index < -0.39 is 100 Å². The van der Waals surface area contributed by atoms with Crippen LogP contribution in [-0.2, 0) is 52.5 Å². The first-order valence-corrected chi connectivity index (χ1v) is 19.9. The van der Waals surface area contributed by atoms with Gasteiger partial charge in [-0.1, -0.05) is 60.1 Å². The Morgan fingerprint density at radius 2 is 1.50 bits per heavy atom. The number of aliphatic hydroxyl groups is 1. The highest BCUT2D eigenvalue weighted by Crippen LogP contribution is 2.74. The molecule has 0 aromatic rings. The summed E-state index contributed by atoms with van der Waals surface area (Å²) in [6.07, 6.45) is -0.0725. The van der Waals surface area contributed by atoms with Gasteiger partial charge in [-0.3, -0.25) is 28.8 Å². The summed E-state index contributed by atoms with van der Waals surface area (Å²) in [6, 6.07) is 2.14. The highest BCUT2D eigenvalue weighted by atomic mass is 16.7. The molecule has 0 aromatic carbocycles. The smallest absolute Gasteiger partial charge is 0.314 e. The van der Waals surface area contributed by atoms with Crippen molar-refractivity contribution in [3.8, 4) is 6.07 Å². The van der Waals surface area contributed by atoms with E-state index in [2.05, 4.69) is 40.7 Å². The Morgan fingerprint density at radius 3 is 2.11 bits per heavy atom.